The second-order valence-electron chi connectivity index (χ2n) is 7.14. The van der Waals surface area contributed by atoms with Crippen LogP contribution in [0.3, 0.4) is 0 Å². The molecule has 0 spiro atoms. The molecule has 0 unspecified atom stereocenters. The molecule has 9 heteroatoms. The number of nitrogens with two attached hydrogens (primary N) is 1. The summed E-state index contributed by atoms with van der Waals surface area (Å²) < 4.78 is 19.8. The lowest BCUT2D eigenvalue weighted by Gasteiger charge is -2.26. The molecule has 2 aromatic heterocycles. The van der Waals surface area contributed by atoms with E-state index >= 15 is 0 Å². The van der Waals surface area contributed by atoms with Gasteiger partial charge in [-0.15, -0.1) is 0 Å². The normalized spacial score (nSPS) is 13.3. The van der Waals surface area contributed by atoms with Crippen molar-refractivity contribution in [2.75, 3.05) is 18.6 Å². The van der Waals surface area contributed by atoms with Crippen molar-refractivity contribution in [3.63, 3.8) is 0 Å². The van der Waals surface area contributed by atoms with Gasteiger partial charge in [0.15, 0.2) is 5.82 Å². The fourth-order valence-corrected chi connectivity index (χ4v) is 2.65. The van der Waals surface area contributed by atoms with Crippen LogP contribution in [0.15, 0.2) is 24.5 Å². The highest BCUT2D eigenvalue weighted by molar-refractivity contribution is 5.83. The van der Waals surface area contributed by atoms with Gasteiger partial charge >= 0.3 is 6.09 Å². The van der Waals surface area contributed by atoms with Crippen LogP contribution in [-0.4, -0.2) is 45.3 Å². The van der Waals surface area contributed by atoms with Gasteiger partial charge in [-0.2, -0.15) is 0 Å². The first-order valence-corrected chi connectivity index (χ1v) is 8.46. The number of carboxylic acid groups (broad SMARTS) is 1. The Kier molecular flexibility index (Phi) is 6.27. The van der Waals surface area contributed by atoms with Crippen molar-refractivity contribution in [1.29, 1.82) is 0 Å². The predicted octanol–water partition coefficient (Wildman–Crippen LogP) is 2.93. The molecule has 0 aliphatic heterocycles. The topological polar surface area (TPSA) is 114 Å². The molecule has 0 radical (unpaired) electrons. The summed E-state index contributed by atoms with van der Waals surface area (Å²) in [6.45, 7) is 6.09. The number of hydrogen-bond acceptors (Lipinski definition) is 6. The average molecular weight is 377 g/mol. The molecule has 0 aromatic carbocycles. The van der Waals surface area contributed by atoms with Crippen molar-refractivity contribution in [2.45, 2.75) is 32.7 Å². The van der Waals surface area contributed by atoms with Crippen LogP contribution in [0.25, 0.3) is 11.3 Å². The van der Waals surface area contributed by atoms with Crippen molar-refractivity contribution >= 4 is 12.0 Å². The highest BCUT2D eigenvalue weighted by Gasteiger charge is 2.22. The van der Waals surface area contributed by atoms with E-state index in [1.165, 1.54) is 31.6 Å². The average Bonchev–Trinajstić information content (AvgIpc) is 2.59. The van der Waals surface area contributed by atoms with Gasteiger partial charge in [-0.25, -0.2) is 29.0 Å². The van der Waals surface area contributed by atoms with Crippen molar-refractivity contribution in [1.82, 2.24) is 15.0 Å². The van der Waals surface area contributed by atoms with Crippen LogP contribution >= 0.6 is 0 Å². The third-order valence-corrected chi connectivity index (χ3v) is 3.75. The van der Waals surface area contributed by atoms with E-state index < -0.39 is 17.4 Å². The lowest BCUT2D eigenvalue weighted by Crippen LogP contribution is -2.43. The Morgan fingerprint density at radius 2 is 2.15 bits per heavy atom. The molecule has 2 heterocycles. The zero-order chi connectivity index (χ0) is 20.2. The molecular formula is C18H24FN5O3. The Hall–Kier alpha value is -2.81. The Labute approximate surface area is 157 Å². The fraction of sp³-hybridized carbons (Fsp3) is 0.444. The molecule has 27 heavy (non-hydrogen) atoms. The Balaban J connectivity index is 2.17. The Morgan fingerprint density at radius 1 is 1.44 bits per heavy atom. The molecule has 2 rings (SSSR count). The highest BCUT2D eigenvalue weighted by Crippen LogP contribution is 2.24. The minimum absolute atomic E-state index is 0.0201. The van der Waals surface area contributed by atoms with Crippen molar-refractivity contribution in [3.8, 4) is 17.1 Å². The van der Waals surface area contributed by atoms with E-state index in [2.05, 4.69) is 28.8 Å². The summed E-state index contributed by atoms with van der Waals surface area (Å²) in [5.41, 5.74) is 6.28. The summed E-state index contributed by atoms with van der Waals surface area (Å²) in [5, 5.41) is 9.00. The fourth-order valence-electron chi connectivity index (χ4n) is 2.65. The largest absolute Gasteiger partial charge is 0.474 e. The minimum atomic E-state index is -1.20. The number of anilines is 1. The molecule has 3 N–H and O–H groups in total. The second kappa shape index (κ2) is 8.26. The van der Waals surface area contributed by atoms with Crippen LogP contribution in [0, 0.1) is 11.7 Å². The Morgan fingerprint density at radius 3 is 2.74 bits per heavy atom. The summed E-state index contributed by atoms with van der Waals surface area (Å²) >= 11 is 0. The number of halogens is 1. The first kappa shape index (κ1) is 20.5. The zero-order valence-corrected chi connectivity index (χ0v) is 15.8. The highest BCUT2D eigenvalue weighted by atomic mass is 19.1. The maximum atomic E-state index is 14.4. The molecule has 1 atom stereocenters. The van der Waals surface area contributed by atoms with Crippen LogP contribution < -0.4 is 15.4 Å². The molecule has 8 nitrogen and oxygen atoms in total. The van der Waals surface area contributed by atoms with Crippen molar-refractivity contribution < 1.29 is 19.0 Å². The van der Waals surface area contributed by atoms with Crippen LogP contribution in [0.2, 0.25) is 0 Å². The number of ether oxygens (including phenoxy) is 1. The van der Waals surface area contributed by atoms with Crippen LogP contribution in [0.4, 0.5) is 15.1 Å². The van der Waals surface area contributed by atoms with Crippen molar-refractivity contribution in [2.24, 2.45) is 11.7 Å². The zero-order valence-electron chi connectivity index (χ0n) is 15.8. The molecule has 0 aliphatic carbocycles. The van der Waals surface area contributed by atoms with Gasteiger partial charge in [0.2, 0.25) is 11.8 Å². The van der Waals surface area contributed by atoms with Gasteiger partial charge in [0.1, 0.15) is 6.61 Å². The smallest absolute Gasteiger partial charge is 0.413 e. The lowest BCUT2D eigenvalue weighted by molar-refractivity contribution is 0.193. The number of pyridine rings is 1. The summed E-state index contributed by atoms with van der Waals surface area (Å²) in [6.07, 6.45) is 2.33. The van der Waals surface area contributed by atoms with E-state index in [1.807, 2.05) is 6.92 Å². The predicted molar refractivity (Wildman–Crippen MR) is 99.2 cm³/mol. The summed E-state index contributed by atoms with van der Waals surface area (Å²) in [6, 6.07) is 2.77. The van der Waals surface area contributed by atoms with Crippen molar-refractivity contribution in [3.05, 3.63) is 30.3 Å². The third-order valence-electron chi connectivity index (χ3n) is 3.75. The molecule has 0 aliphatic rings. The molecule has 0 bridgehead atoms. The van der Waals surface area contributed by atoms with Gasteiger partial charge in [0.25, 0.3) is 0 Å². The summed E-state index contributed by atoms with van der Waals surface area (Å²) in [4.78, 5) is 23.9. The van der Waals surface area contributed by atoms with Gasteiger partial charge in [0.05, 0.1) is 5.69 Å². The van der Waals surface area contributed by atoms with Crippen LogP contribution in [0.5, 0.6) is 5.88 Å². The molecule has 2 aromatic rings. The standard InChI is InChI=1S/C18H24FN5O3/c1-11(2)8-18(3,20)10-27-15-13(19)7-12(9-22-15)14-5-6-21-16(23-14)24(4)17(25)26/h5-7,9,11H,8,10,20H2,1-4H3,(H,25,26)/t18-/m1/s1. The molecule has 1 amide bonds. The maximum Gasteiger partial charge on any atom is 0.413 e. The minimum Gasteiger partial charge on any atom is -0.474 e. The monoisotopic (exact) mass is 377 g/mol. The third kappa shape index (κ3) is 5.58. The van der Waals surface area contributed by atoms with Crippen LogP contribution in [-0.2, 0) is 0 Å². The molecule has 0 fully saturated rings. The SMILES string of the molecule is CC(C)C[C@@](C)(N)COc1ncc(-c2ccnc(N(C)C(=O)O)n2)cc1F. The molecule has 146 valence electrons. The number of carbonyl (C=O) groups is 1. The first-order valence-electron chi connectivity index (χ1n) is 8.46. The van der Waals surface area contributed by atoms with E-state index in [9.17, 15) is 9.18 Å². The molecular weight excluding hydrogens is 353 g/mol. The summed E-state index contributed by atoms with van der Waals surface area (Å²) in [5.74, 6) is -0.427. The first-order chi connectivity index (χ1) is 12.6. The lowest BCUT2D eigenvalue weighted by atomic mass is 9.93. The quantitative estimate of drug-likeness (QED) is 0.762. The number of aromatic nitrogens is 3. The number of nitrogens with zero attached hydrogens (tertiary/aromatic N) is 4. The van der Waals surface area contributed by atoms with Gasteiger partial charge in [-0.05, 0) is 31.4 Å². The Bertz CT molecular complexity index is 813. The summed E-state index contributed by atoms with van der Waals surface area (Å²) in [7, 11) is 1.32. The van der Waals surface area contributed by atoms with E-state index in [-0.39, 0.29) is 18.4 Å². The molecule has 0 saturated carbocycles. The van der Waals surface area contributed by atoms with Gasteiger partial charge in [-0.1, -0.05) is 13.8 Å². The molecule has 0 saturated heterocycles. The van der Waals surface area contributed by atoms with Gasteiger partial charge < -0.3 is 15.6 Å². The number of hydrogen-bond donors (Lipinski definition) is 2. The van der Waals surface area contributed by atoms with E-state index in [0.29, 0.717) is 17.2 Å². The van der Waals surface area contributed by atoms with Crippen LogP contribution in [0.1, 0.15) is 27.2 Å². The van der Waals surface area contributed by atoms with Gasteiger partial charge in [-0.3, -0.25) is 0 Å². The number of amides is 1. The maximum absolute atomic E-state index is 14.4. The van der Waals surface area contributed by atoms with E-state index in [1.54, 1.807) is 0 Å². The van der Waals surface area contributed by atoms with Gasteiger partial charge in [0, 0.05) is 30.5 Å². The van der Waals surface area contributed by atoms with E-state index in [0.717, 1.165) is 11.3 Å². The second-order valence-corrected chi connectivity index (χ2v) is 7.14. The van der Waals surface area contributed by atoms with E-state index in [4.69, 9.17) is 15.6 Å². The number of rotatable bonds is 7.